The van der Waals surface area contributed by atoms with E-state index in [-0.39, 0.29) is 6.61 Å². The predicted octanol–water partition coefficient (Wildman–Crippen LogP) is 4.22. The molecule has 0 amide bonds. The molecule has 33 heavy (non-hydrogen) atoms. The summed E-state index contributed by atoms with van der Waals surface area (Å²) in [6.45, 7) is 6.37. The number of nitrogens with zero attached hydrogens (tertiary/aromatic N) is 1. The number of esters is 1. The van der Waals surface area contributed by atoms with Crippen LogP contribution in [0.5, 0.6) is 11.5 Å². The van der Waals surface area contributed by atoms with Crippen molar-refractivity contribution in [3.8, 4) is 11.5 Å². The van der Waals surface area contributed by atoms with E-state index in [0.717, 1.165) is 22.4 Å². The molecule has 1 unspecified atom stereocenters. The molecule has 0 spiro atoms. The summed E-state index contributed by atoms with van der Waals surface area (Å²) in [4.78, 5) is 15.2. The van der Waals surface area contributed by atoms with Gasteiger partial charge < -0.3 is 24.3 Å². The average molecular weight is 471 g/mol. The van der Waals surface area contributed by atoms with E-state index in [1.54, 1.807) is 27.4 Å². The third-order valence-electron chi connectivity index (χ3n) is 5.43. The number of thiocarbonyl (C=S) groups is 1. The van der Waals surface area contributed by atoms with Crippen LogP contribution in [0.25, 0.3) is 0 Å². The molecule has 0 fully saturated rings. The van der Waals surface area contributed by atoms with Crippen LogP contribution in [0.3, 0.4) is 0 Å². The summed E-state index contributed by atoms with van der Waals surface area (Å²) in [5, 5.41) is 3.80. The highest BCUT2D eigenvalue weighted by Crippen LogP contribution is 2.41. The minimum Gasteiger partial charge on any atom is -0.493 e. The molecule has 7 nitrogen and oxygen atoms in total. The Morgan fingerprint density at radius 1 is 1.03 bits per heavy atom. The Bertz CT molecular complexity index is 1060. The number of carbonyl (C=O) groups excluding carboxylic acids is 1. The zero-order valence-electron chi connectivity index (χ0n) is 19.9. The van der Waals surface area contributed by atoms with Crippen molar-refractivity contribution in [2.75, 3.05) is 39.4 Å². The second-order valence-electron chi connectivity index (χ2n) is 7.77. The Kier molecular flexibility index (Phi) is 7.94. The molecule has 2 aromatic carbocycles. The van der Waals surface area contributed by atoms with Crippen LogP contribution < -0.4 is 19.7 Å². The van der Waals surface area contributed by atoms with Crippen molar-refractivity contribution >= 4 is 29.0 Å². The first-order valence-corrected chi connectivity index (χ1v) is 11.0. The fraction of sp³-hybridized carbons (Fsp3) is 0.360. The van der Waals surface area contributed by atoms with E-state index in [9.17, 15) is 4.79 Å². The second kappa shape index (κ2) is 10.7. The quantitative estimate of drug-likeness (QED) is 0.349. The molecule has 0 saturated carbocycles. The van der Waals surface area contributed by atoms with E-state index < -0.39 is 12.0 Å². The highest BCUT2D eigenvalue weighted by atomic mass is 32.1. The van der Waals surface area contributed by atoms with Gasteiger partial charge in [-0.05, 0) is 62.3 Å². The molecule has 0 radical (unpaired) electrons. The molecule has 0 bridgehead atoms. The first-order chi connectivity index (χ1) is 15.8. The molecule has 1 atom stereocenters. The lowest BCUT2D eigenvalue weighted by atomic mass is 9.93. The van der Waals surface area contributed by atoms with Crippen molar-refractivity contribution in [2.45, 2.75) is 26.8 Å². The van der Waals surface area contributed by atoms with Crippen molar-refractivity contribution in [3.05, 3.63) is 64.4 Å². The normalized spacial score (nSPS) is 15.9. The number of hydrogen-bond donors (Lipinski definition) is 1. The predicted molar refractivity (Wildman–Crippen MR) is 132 cm³/mol. The number of hydrogen-bond acceptors (Lipinski definition) is 6. The maximum Gasteiger partial charge on any atom is 0.338 e. The number of anilines is 1. The molecule has 8 heteroatoms. The van der Waals surface area contributed by atoms with E-state index in [2.05, 4.69) is 11.4 Å². The largest absolute Gasteiger partial charge is 0.493 e. The van der Waals surface area contributed by atoms with Gasteiger partial charge in [0.15, 0.2) is 16.6 Å². The summed E-state index contributed by atoms with van der Waals surface area (Å²) in [7, 11) is 4.70. The summed E-state index contributed by atoms with van der Waals surface area (Å²) >= 11 is 5.77. The van der Waals surface area contributed by atoms with Crippen molar-refractivity contribution in [2.24, 2.45) is 0 Å². The van der Waals surface area contributed by atoms with Crippen molar-refractivity contribution in [3.63, 3.8) is 0 Å². The summed E-state index contributed by atoms with van der Waals surface area (Å²) in [5.41, 5.74) is 4.91. The van der Waals surface area contributed by atoms with Gasteiger partial charge in [-0.3, -0.25) is 4.90 Å². The van der Waals surface area contributed by atoms with Crippen LogP contribution in [0.2, 0.25) is 0 Å². The van der Waals surface area contributed by atoms with Gasteiger partial charge in [0.25, 0.3) is 0 Å². The number of allylic oxidation sites excluding steroid dienone is 1. The van der Waals surface area contributed by atoms with E-state index in [1.807, 2.05) is 49.9 Å². The maximum atomic E-state index is 13.3. The lowest BCUT2D eigenvalue weighted by Crippen LogP contribution is -2.48. The topological polar surface area (TPSA) is 69.3 Å². The molecule has 0 aromatic heterocycles. The molecule has 0 aliphatic carbocycles. The number of carbonyl (C=O) groups is 1. The van der Waals surface area contributed by atoms with Crippen LogP contribution in [0.1, 0.15) is 29.7 Å². The van der Waals surface area contributed by atoms with Crippen LogP contribution in [0.4, 0.5) is 5.69 Å². The van der Waals surface area contributed by atoms with Crippen molar-refractivity contribution in [1.29, 1.82) is 0 Å². The number of benzene rings is 2. The minimum absolute atomic E-state index is 0.141. The highest BCUT2D eigenvalue weighted by molar-refractivity contribution is 7.80. The molecular formula is C25H30N2O5S. The third-order valence-corrected chi connectivity index (χ3v) is 5.73. The van der Waals surface area contributed by atoms with Gasteiger partial charge in [0.1, 0.15) is 6.61 Å². The summed E-state index contributed by atoms with van der Waals surface area (Å²) in [6.07, 6.45) is 0. The van der Waals surface area contributed by atoms with Crippen molar-refractivity contribution < 1.29 is 23.7 Å². The summed E-state index contributed by atoms with van der Waals surface area (Å²) < 4.78 is 21.7. The molecular weight excluding hydrogens is 440 g/mol. The molecule has 3 rings (SSSR count). The fourth-order valence-corrected chi connectivity index (χ4v) is 4.43. The van der Waals surface area contributed by atoms with Gasteiger partial charge in [0.2, 0.25) is 0 Å². The average Bonchev–Trinajstić information content (AvgIpc) is 2.77. The van der Waals surface area contributed by atoms with Gasteiger partial charge in [0, 0.05) is 24.1 Å². The first-order valence-electron chi connectivity index (χ1n) is 10.6. The number of nitrogens with one attached hydrogen (secondary N) is 1. The Morgan fingerprint density at radius 3 is 2.33 bits per heavy atom. The SMILES string of the molecule is COCCOC(=O)C1=C(C)N(c2cc(C)cc(C)c2)C(=S)NC1c1cccc(OC)c1OC. The fourth-order valence-electron chi connectivity index (χ4n) is 4.07. The zero-order chi connectivity index (χ0) is 24.1. The van der Waals surface area contributed by atoms with Gasteiger partial charge in [0.05, 0.1) is 32.4 Å². The van der Waals surface area contributed by atoms with E-state index in [0.29, 0.717) is 34.5 Å². The Hall–Kier alpha value is -3.10. The number of rotatable bonds is 8. The molecule has 0 saturated heterocycles. The van der Waals surface area contributed by atoms with E-state index in [1.165, 1.54) is 0 Å². The highest BCUT2D eigenvalue weighted by Gasteiger charge is 2.37. The lowest BCUT2D eigenvalue weighted by Gasteiger charge is -2.38. The Morgan fingerprint density at radius 2 is 1.73 bits per heavy atom. The molecule has 1 aliphatic heterocycles. The van der Waals surface area contributed by atoms with Gasteiger partial charge in [-0.25, -0.2) is 4.79 Å². The number of para-hydroxylation sites is 1. The van der Waals surface area contributed by atoms with Gasteiger partial charge in [-0.15, -0.1) is 0 Å². The smallest absolute Gasteiger partial charge is 0.338 e. The Balaban J connectivity index is 2.17. The van der Waals surface area contributed by atoms with Crippen LogP contribution in [-0.2, 0) is 14.3 Å². The van der Waals surface area contributed by atoms with Gasteiger partial charge in [-0.2, -0.15) is 0 Å². The number of ether oxygens (including phenoxy) is 4. The van der Waals surface area contributed by atoms with Crippen molar-refractivity contribution in [1.82, 2.24) is 5.32 Å². The van der Waals surface area contributed by atoms with Gasteiger partial charge in [-0.1, -0.05) is 18.2 Å². The maximum absolute atomic E-state index is 13.3. The lowest BCUT2D eigenvalue weighted by molar-refractivity contribution is -0.140. The molecule has 2 aromatic rings. The number of aryl methyl sites for hydroxylation is 2. The second-order valence-corrected chi connectivity index (χ2v) is 8.16. The molecule has 1 N–H and O–H groups in total. The summed E-state index contributed by atoms with van der Waals surface area (Å²) in [5.74, 6) is 0.628. The van der Waals surface area contributed by atoms with E-state index in [4.69, 9.17) is 31.2 Å². The van der Waals surface area contributed by atoms with Crippen LogP contribution >= 0.6 is 12.2 Å². The first kappa shape index (κ1) is 24.5. The zero-order valence-corrected chi connectivity index (χ0v) is 20.7. The molecule has 1 heterocycles. The van der Waals surface area contributed by atoms with Gasteiger partial charge >= 0.3 is 5.97 Å². The summed E-state index contributed by atoms with van der Waals surface area (Å²) in [6, 6.07) is 11.1. The van der Waals surface area contributed by atoms with Crippen LogP contribution in [0, 0.1) is 13.8 Å². The third kappa shape index (κ3) is 5.12. The molecule has 1 aliphatic rings. The van der Waals surface area contributed by atoms with Crippen LogP contribution in [0.15, 0.2) is 47.7 Å². The minimum atomic E-state index is -0.584. The van der Waals surface area contributed by atoms with E-state index >= 15 is 0 Å². The molecule has 176 valence electrons. The monoisotopic (exact) mass is 470 g/mol. The standard InChI is InChI=1S/C25H30N2O5S/c1-15-12-16(2)14-18(13-15)27-17(3)21(24(28)32-11-10-29-4)22(26-25(27)33)19-8-7-9-20(30-5)23(19)31-6/h7-9,12-14,22H,10-11H2,1-6H3,(H,26,33). The number of methoxy groups -OCH3 is 3. The Labute approximate surface area is 200 Å². The van der Waals surface area contributed by atoms with Crippen LogP contribution in [-0.4, -0.2) is 45.6 Å².